The van der Waals surface area contributed by atoms with Crippen LogP contribution in [0.4, 0.5) is 5.69 Å². The molecule has 4 aliphatic rings. The Hall–Kier alpha value is -1.11. The predicted octanol–water partition coefficient (Wildman–Crippen LogP) is 4.54. The first-order valence-electron chi connectivity index (χ1n) is 11.7. The lowest BCUT2D eigenvalue weighted by atomic mass is 9.46. The van der Waals surface area contributed by atoms with Crippen molar-refractivity contribution in [3.05, 3.63) is 30.3 Å². The first-order valence-corrected chi connectivity index (χ1v) is 13.2. The van der Waals surface area contributed by atoms with Crippen LogP contribution in [0.3, 0.4) is 0 Å². The molecule has 0 heterocycles. The lowest BCUT2D eigenvalue weighted by Crippen LogP contribution is -2.59. The zero-order chi connectivity index (χ0) is 21.4. The van der Waals surface area contributed by atoms with Gasteiger partial charge in [0.1, 0.15) is 0 Å². The van der Waals surface area contributed by atoms with Crippen LogP contribution < -0.4 is 14.8 Å². The Morgan fingerprint density at radius 2 is 1.67 bits per heavy atom. The van der Waals surface area contributed by atoms with Crippen molar-refractivity contribution < 1.29 is 8.42 Å². The molecule has 4 fully saturated rings. The van der Waals surface area contributed by atoms with Crippen LogP contribution in [0.15, 0.2) is 30.3 Å². The van der Waals surface area contributed by atoms with Gasteiger partial charge in [0.15, 0.2) is 0 Å². The van der Waals surface area contributed by atoms with Crippen molar-refractivity contribution in [1.82, 2.24) is 10.0 Å². The second-order valence-corrected chi connectivity index (χ2v) is 12.9. The van der Waals surface area contributed by atoms with Crippen LogP contribution in [-0.4, -0.2) is 27.5 Å². The number of para-hydroxylation sites is 1. The Kier molecular flexibility index (Phi) is 6.21. The molecule has 5 rings (SSSR count). The molecule has 0 saturated heterocycles. The summed E-state index contributed by atoms with van der Waals surface area (Å²) < 4.78 is 29.6. The third-order valence-electron chi connectivity index (χ3n) is 7.36. The van der Waals surface area contributed by atoms with Crippen molar-refractivity contribution in [3.8, 4) is 0 Å². The van der Waals surface area contributed by atoms with Crippen molar-refractivity contribution in [1.29, 1.82) is 0 Å². The fourth-order valence-electron chi connectivity index (χ4n) is 7.13. The average Bonchev–Trinajstić information content (AvgIpc) is 2.61. The Bertz CT molecular complexity index is 803. The summed E-state index contributed by atoms with van der Waals surface area (Å²) in [6, 6.07) is 9.63. The monoisotopic (exact) mass is 433 g/mol. The minimum Gasteiger partial charge on any atom is -0.313 e. The Morgan fingerprint density at radius 1 is 1.00 bits per heavy atom. The first kappa shape index (κ1) is 22.1. The van der Waals surface area contributed by atoms with E-state index in [1.807, 2.05) is 18.2 Å². The number of hydrogen-bond donors (Lipinski definition) is 3. The van der Waals surface area contributed by atoms with E-state index in [0.717, 1.165) is 30.7 Å². The molecule has 5 nitrogen and oxygen atoms in total. The number of nitrogens with one attached hydrogen (secondary N) is 3. The van der Waals surface area contributed by atoms with Crippen LogP contribution in [0.2, 0.25) is 0 Å². The zero-order valence-electron chi connectivity index (χ0n) is 18.8. The minimum absolute atomic E-state index is 0.416. The summed E-state index contributed by atoms with van der Waals surface area (Å²) >= 11 is 0. The van der Waals surface area contributed by atoms with Gasteiger partial charge in [-0.3, -0.25) is 4.72 Å². The molecule has 2 unspecified atom stereocenters. The predicted molar refractivity (Wildman–Crippen MR) is 123 cm³/mol. The van der Waals surface area contributed by atoms with Crippen LogP contribution in [0, 0.1) is 28.6 Å². The molecule has 0 amide bonds. The van der Waals surface area contributed by atoms with Crippen LogP contribution in [0.5, 0.6) is 0 Å². The summed E-state index contributed by atoms with van der Waals surface area (Å²) in [7, 11) is -3.51. The topological polar surface area (TPSA) is 70.2 Å². The van der Waals surface area contributed by atoms with E-state index < -0.39 is 10.2 Å². The first-order chi connectivity index (χ1) is 14.1. The van der Waals surface area contributed by atoms with Crippen LogP contribution in [0.1, 0.15) is 65.7 Å². The largest absolute Gasteiger partial charge is 0.313 e. The number of anilines is 1. The summed E-state index contributed by atoms with van der Waals surface area (Å²) in [6.07, 6.45) is 9.21. The SMILES string of the molecule is CC(C)(C)CC12CC3CC(C1)C(NCCCNS(=O)(=O)Nc1ccccc1)C(C3)C2. The Morgan fingerprint density at radius 3 is 2.30 bits per heavy atom. The molecule has 1 aromatic carbocycles. The van der Waals surface area contributed by atoms with Gasteiger partial charge >= 0.3 is 0 Å². The molecule has 4 aliphatic carbocycles. The summed E-state index contributed by atoms with van der Waals surface area (Å²) in [5, 5.41) is 3.83. The molecule has 4 saturated carbocycles. The highest BCUT2D eigenvalue weighted by Gasteiger charge is 2.55. The van der Waals surface area contributed by atoms with Gasteiger partial charge in [0.2, 0.25) is 0 Å². The molecule has 4 bridgehead atoms. The van der Waals surface area contributed by atoms with Crippen LogP contribution in [-0.2, 0) is 10.2 Å². The highest BCUT2D eigenvalue weighted by Crippen LogP contribution is 2.63. The van der Waals surface area contributed by atoms with E-state index in [2.05, 4.69) is 35.5 Å². The summed E-state index contributed by atoms with van der Waals surface area (Å²) in [5.41, 5.74) is 1.59. The molecule has 0 radical (unpaired) electrons. The molecule has 3 N–H and O–H groups in total. The molecule has 30 heavy (non-hydrogen) atoms. The quantitative estimate of drug-likeness (QED) is 0.501. The summed E-state index contributed by atoms with van der Waals surface area (Å²) in [5.74, 6) is 2.57. The molecule has 0 spiro atoms. The molecule has 0 aromatic heterocycles. The minimum atomic E-state index is -3.51. The fourth-order valence-corrected chi connectivity index (χ4v) is 8.06. The molecule has 0 aliphatic heterocycles. The molecule has 1 aromatic rings. The van der Waals surface area contributed by atoms with Crippen molar-refractivity contribution in [3.63, 3.8) is 0 Å². The van der Waals surface area contributed by atoms with Crippen molar-refractivity contribution in [2.24, 2.45) is 28.6 Å². The van der Waals surface area contributed by atoms with Gasteiger partial charge in [0.05, 0.1) is 0 Å². The third kappa shape index (κ3) is 5.38. The van der Waals surface area contributed by atoms with E-state index in [-0.39, 0.29) is 0 Å². The number of rotatable bonds is 9. The van der Waals surface area contributed by atoms with Crippen molar-refractivity contribution >= 4 is 15.9 Å². The molecule has 6 heteroatoms. The summed E-state index contributed by atoms with van der Waals surface area (Å²) in [6.45, 7) is 8.52. The van der Waals surface area contributed by atoms with Crippen molar-refractivity contribution in [2.45, 2.75) is 71.8 Å². The summed E-state index contributed by atoms with van der Waals surface area (Å²) in [4.78, 5) is 0. The van der Waals surface area contributed by atoms with Crippen molar-refractivity contribution in [2.75, 3.05) is 17.8 Å². The maximum atomic E-state index is 12.2. The van der Waals surface area contributed by atoms with E-state index in [4.69, 9.17) is 0 Å². The van der Waals surface area contributed by atoms with Crippen LogP contribution in [0.25, 0.3) is 0 Å². The van der Waals surface area contributed by atoms with E-state index in [1.54, 1.807) is 12.1 Å². The smallest absolute Gasteiger partial charge is 0.299 e. The number of hydrogen-bond acceptors (Lipinski definition) is 3. The van der Waals surface area contributed by atoms with Gasteiger partial charge in [-0.05, 0) is 92.2 Å². The highest BCUT2D eigenvalue weighted by molar-refractivity contribution is 7.90. The Balaban J connectivity index is 1.22. The standard InChI is InChI=1S/C24H39N3O2S/c1-23(2,3)17-24-14-18-12-19(15-24)22(20(13-18)16-24)25-10-7-11-26-30(28,29)27-21-8-5-4-6-9-21/h4-6,8-9,18-20,22,25-27H,7,10-17H2,1-3H3. The molecular weight excluding hydrogens is 394 g/mol. The van der Waals surface area contributed by atoms with Gasteiger partial charge in [0, 0.05) is 18.3 Å². The van der Waals surface area contributed by atoms with E-state index in [1.165, 1.54) is 38.5 Å². The second-order valence-electron chi connectivity index (χ2n) is 11.4. The lowest BCUT2D eigenvalue weighted by molar-refractivity contribution is -0.0928. The van der Waals surface area contributed by atoms with Crippen LogP contribution >= 0.6 is 0 Å². The van der Waals surface area contributed by atoms with Gasteiger partial charge in [-0.15, -0.1) is 0 Å². The Labute approximate surface area is 183 Å². The zero-order valence-corrected chi connectivity index (χ0v) is 19.6. The van der Waals surface area contributed by atoms with Gasteiger partial charge in [-0.1, -0.05) is 39.0 Å². The van der Waals surface area contributed by atoms with E-state index in [0.29, 0.717) is 29.1 Å². The fraction of sp³-hybridized carbons (Fsp3) is 0.750. The van der Waals surface area contributed by atoms with Gasteiger partial charge in [-0.2, -0.15) is 13.1 Å². The second kappa shape index (κ2) is 8.44. The lowest BCUT2D eigenvalue weighted by Gasteiger charge is -2.61. The highest BCUT2D eigenvalue weighted by atomic mass is 32.2. The molecule has 168 valence electrons. The maximum absolute atomic E-state index is 12.2. The van der Waals surface area contributed by atoms with E-state index in [9.17, 15) is 8.42 Å². The molecule has 2 atom stereocenters. The normalized spacial score (nSPS) is 33.0. The van der Waals surface area contributed by atoms with Gasteiger partial charge in [0.25, 0.3) is 10.2 Å². The van der Waals surface area contributed by atoms with Gasteiger partial charge < -0.3 is 5.32 Å². The number of benzene rings is 1. The average molecular weight is 434 g/mol. The van der Waals surface area contributed by atoms with E-state index >= 15 is 0 Å². The molecular formula is C24H39N3O2S. The maximum Gasteiger partial charge on any atom is 0.299 e. The van der Waals surface area contributed by atoms with Gasteiger partial charge in [-0.25, -0.2) is 0 Å². The third-order valence-corrected chi connectivity index (χ3v) is 8.45.